The zero-order valence-corrected chi connectivity index (χ0v) is 10.2. The zero-order chi connectivity index (χ0) is 10.7. The SMILES string of the molecule is CCCC1(CNC2CCOC(C)C2)CC1. The van der Waals surface area contributed by atoms with Crippen LogP contribution in [0.1, 0.15) is 52.4 Å². The van der Waals surface area contributed by atoms with E-state index in [1.807, 2.05) is 0 Å². The fourth-order valence-electron chi connectivity index (χ4n) is 2.77. The van der Waals surface area contributed by atoms with Crippen LogP contribution in [0.5, 0.6) is 0 Å². The minimum absolute atomic E-state index is 0.456. The average molecular weight is 211 g/mol. The third-order valence-corrected chi connectivity index (χ3v) is 3.99. The highest BCUT2D eigenvalue weighted by Crippen LogP contribution is 2.49. The number of nitrogens with one attached hydrogen (secondary N) is 1. The van der Waals surface area contributed by atoms with Gasteiger partial charge in [0.1, 0.15) is 0 Å². The second-order valence-electron chi connectivity index (χ2n) is 5.53. The number of rotatable bonds is 5. The molecule has 0 aromatic carbocycles. The molecule has 2 fully saturated rings. The summed E-state index contributed by atoms with van der Waals surface area (Å²) < 4.78 is 5.56. The van der Waals surface area contributed by atoms with Crippen molar-refractivity contribution in [1.82, 2.24) is 5.32 Å². The summed E-state index contributed by atoms with van der Waals surface area (Å²) in [4.78, 5) is 0. The standard InChI is InChI=1S/C13H25NO/c1-3-5-13(6-7-13)10-14-12-4-8-15-11(2)9-12/h11-12,14H,3-10H2,1-2H3. The Morgan fingerprint density at radius 1 is 1.40 bits per heavy atom. The van der Waals surface area contributed by atoms with Gasteiger partial charge >= 0.3 is 0 Å². The Morgan fingerprint density at radius 3 is 2.80 bits per heavy atom. The second-order valence-corrected chi connectivity index (χ2v) is 5.53. The van der Waals surface area contributed by atoms with E-state index in [2.05, 4.69) is 19.2 Å². The van der Waals surface area contributed by atoms with Crippen molar-refractivity contribution >= 4 is 0 Å². The van der Waals surface area contributed by atoms with Gasteiger partial charge in [-0.05, 0) is 44.4 Å². The van der Waals surface area contributed by atoms with E-state index < -0.39 is 0 Å². The van der Waals surface area contributed by atoms with Crippen molar-refractivity contribution in [2.75, 3.05) is 13.2 Å². The molecule has 0 aromatic rings. The van der Waals surface area contributed by atoms with Gasteiger partial charge in [0.2, 0.25) is 0 Å². The van der Waals surface area contributed by atoms with Crippen molar-refractivity contribution in [2.45, 2.75) is 64.5 Å². The average Bonchev–Trinajstić information content (AvgIpc) is 2.97. The van der Waals surface area contributed by atoms with Gasteiger partial charge in [-0.15, -0.1) is 0 Å². The monoisotopic (exact) mass is 211 g/mol. The van der Waals surface area contributed by atoms with Gasteiger partial charge < -0.3 is 10.1 Å². The van der Waals surface area contributed by atoms with Crippen LogP contribution in [0.4, 0.5) is 0 Å². The van der Waals surface area contributed by atoms with Gasteiger partial charge in [0, 0.05) is 19.2 Å². The van der Waals surface area contributed by atoms with E-state index in [-0.39, 0.29) is 0 Å². The summed E-state index contributed by atoms with van der Waals surface area (Å²) in [6, 6.07) is 0.711. The van der Waals surface area contributed by atoms with Crippen LogP contribution >= 0.6 is 0 Å². The fourth-order valence-corrected chi connectivity index (χ4v) is 2.77. The molecule has 0 amide bonds. The normalized spacial score (nSPS) is 34.0. The maximum Gasteiger partial charge on any atom is 0.0561 e. The molecule has 2 heteroatoms. The van der Waals surface area contributed by atoms with Crippen LogP contribution in [-0.4, -0.2) is 25.3 Å². The highest BCUT2D eigenvalue weighted by atomic mass is 16.5. The molecule has 2 nitrogen and oxygen atoms in total. The van der Waals surface area contributed by atoms with Crippen LogP contribution in [0.25, 0.3) is 0 Å². The molecule has 0 aromatic heterocycles. The van der Waals surface area contributed by atoms with Gasteiger partial charge in [-0.25, -0.2) is 0 Å². The Balaban J connectivity index is 1.68. The van der Waals surface area contributed by atoms with E-state index in [0.29, 0.717) is 17.6 Å². The van der Waals surface area contributed by atoms with E-state index in [1.165, 1.54) is 45.1 Å². The van der Waals surface area contributed by atoms with Crippen LogP contribution in [0.15, 0.2) is 0 Å². The summed E-state index contributed by atoms with van der Waals surface area (Å²) in [6.07, 6.45) is 8.51. The van der Waals surface area contributed by atoms with Gasteiger partial charge in [-0.1, -0.05) is 13.3 Å². The molecule has 1 aliphatic heterocycles. The molecular formula is C13H25NO. The molecule has 2 unspecified atom stereocenters. The van der Waals surface area contributed by atoms with Crippen molar-refractivity contribution in [3.05, 3.63) is 0 Å². The third kappa shape index (κ3) is 3.18. The van der Waals surface area contributed by atoms with Crippen LogP contribution in [0.2, 0.25) is 0 Å². The first-order valence-electron chi connectivity index (χ1n) is 6.59. The molecule has 0 bridgehead atoms. The molecule has 1 saturated heterocycles. The molecule has 1 heterocycles. The quantitative estimate of drug-likeness (QED) is 0.755. The number of ether oxygens (including phenoxy) is 1. The van der Waals surface area contributed by atoms with Crippen LogP contribution in [0.3, 0.4) is 0 Å². The van der Waals surface area contributed by atoms with Crippen LogP contribution in [0, 0.1) is 5.41 Å². The van der Waals surface area contributed by atoms with E-state index in [9.17, 15) is 0 Å². The highest BCUT2D eigenvalue weighted by molar-refractivity contribution is 4.95. The molecule has 2 aliphatic rings. The lowest BCUT2D eigenvalue weighted by Gasteiger charge is -2.29. The lowest BCUT2D eigenvalue weighted by atomic mass is 9.98. The van der Waals surface area contributed by atoms with E-state index in [1.54, 1.807) is 0 Å². The second kappa shape index (κ2) is 4.84. The maximum absolute atomic E-state index is 5.56. The lowest BCUT2D eigenvalue weighted by molar-refractivity contribution is 0.0124. The molecule has 15 heavy (non-hydrogen) atoms. The van der Waals surface area contributed by atoms with E-state index in [0.717, 1.165) is 6.61 Å². The summed E-state index contributed by atoms with van der Waals surface area (Å²) in [6.45, 7) is 6.68. The third-order valence-electron chi connectivity index (χ3n) is 3.99. The van der Waals surface area contributed by atoms with Crippen LogP contribution in [-0.2, 0) is 4.74 Å². The number of hydrogen-bond donors (Lipinski definition) is 1. The van der Waals surface area contributed by atoms with Crippen molar-refractivity contribution < 1.29 is 4.74 Å². The molecule has 1 N–H and O–H groups in total. The van der Waals surface area contributed by atoms with Crippen molar-refractivity contribution in [3.8, 4) is 0 Å². The first kappa shape index (κ1) is 11.4. The minimum atomic E-state index is 0.456. The Morgan fingerprint density at radius 2 is 2.20 bits per heavy atom. The van der Waals surface area contributed by atoms with E-state index in [4.69, 9.17) is 4.74 Å². The summed E-state index contributed by atoms with van der Waals surface area (Å²) in [5.74, 6) is 0. The number of hydrogen-bond acceptors (Lipinski definition) is 2. The predicted octanol–water partition coefficient (Wildman–Crippen LogP) is 2.72. The molecular weight excluding hydrogens is 186 g/mol. The maximum atomic E-state index is 5.56. The van der Waals surface area contributed by atoms with Crippen molar-refractivity contribution in [2.24, 2.45) is 5.41 Å². The molecule has 0 radical (unpaired) electrons. The lowest BCUT2D eigenvalue weighted by Crippen LogP contribution is -2.40. The van der Waals surface area contributed by atoms with Gasteiger partial charge in [0.25, 0.3) is 0 Å². The fraction of sp³-hybridized carbons (Fsp3) is 1.00. The molecule has 1 aliphatic carbocycles. The molecule has 0 spiro atoms. The first-order valence-corrected chi connectivity index (χ1v) is 6.59. The summed E-state index contributed by atoms with van der Waals surface area (Å²) in [7, 11) is 0. The Hall–Kier alpha value is -0.0800. The van der Waals surface area contributed by atoms with Gasteiger partial charge in [0.15, 0.2) is 0 Å². The molecule has 2 rings (SSSR count). The smallest absolute Gasteiger partial charge is 0.0561 e. The first-order chi connectivity index (χ1) is 7.24. The van der Waals surface area contributed by atoms with Gasteiger partial charge in [-0.3, -0.25) is 0 Å². The Kier molecular flexibility index (Phi) is 3.68. The largest absolute Gasteiger partial charge is 0.378 e. The highest BCUT2D eigenvalue weighted by Gasteiger charge is 2.41. The van der Waals surface area contributed by atoms with Gasteiger partial charge in [-0.2, -0.15) is 0 Å². The van der Waals surface area contributed by atoms with Crippen molar-refractivity contribution in [1.29, 1.82) is 0 Å². The summed E-state index contributed by atoms with van der Waals surface area (Å²) >= 11 is 0. The molecule has 88 valence electrons. The van der Waals surface area contributed by atoms with E-state index >= 15 is 0 Å². The molecule has 2 atom stereocenters. The Labute approximate surface area is 93.8 Å². The molecule has 1 saturated carbocycles. The zero-order valence-electron chi connectivity index (χ0n) is 10.2. The summed E-state index contributed by atoms with van der Waals surface area (Å²) in [5.41, 5.74) is 0.691. The predicted molar refractivity (Wildman–Crippen MR) is 63.0 cm³/mol. The minimum Gasteiger partial charge on any atom is -0.378 e. The Bertz CT molecular complexity index is 201. The van der Waals surface area contributed by atoms with Crippen molar-refractivity contribution in [3.63, 3.8) is 0 Å². The van der Waals surface area contributed by atoms with Crippen LogP contribution < -0.4 is 5.32 Å². The summed E-state index contributed by atoms with van der Waals surface area (Å²) in [5, 5.41) is 3.76. The topological polar surface area (TPSA) is 21.3 Å². The van der Waals surface area contributed by atoms with Gasteiger partial charge in [0.05, 0.1) is 6.10 Å².